The summed E-state index contributed by atoms with van der Waals surface area (Å²) in [5.41, 5.74) is 0. The van der Waals surface area contributed by atoms with E-state index in [1.54, 1.807) is 0 Å². The topological polar surface area (TPSA) is 24.1 Å². The molecule has 0 spiro atoms. The first-order valence-corrected chi connectivity index (χ1v) is 5.43. The number of piperidine rings is 2. The molecule has 0 aromatic carbocycles. The summed E-state index contributed by atoms with van der Waals surface area (Å²) < 4.78 is 0. The predicted octanol–water partition coefficient (Wildman–Crippen LogP) is 1.27. The van der Waals surface area contributed by atoms with Gasteiger partial charge in [0.05, 0.1) is 0 Å². The zero-order chi connectivity index (χ0) is 8.23. The van der Waals surface area contributed by atoms with Gasteiger partial charge in [-0.25, -0.2) is 0 Å². The van der Waals surface area contributed by atoms with Crippen LogP contribution in [0.3, 0.4) is 0 Å². The van der Waals surface area contributed by atoms with Gasteiger partial charge < -0.3 is 10.6 Å². The average molecular weight is 168 g/mol. The van der Waals surface area contributed by atoms with E-state index in [0.29, 0.717) is 0 Å². The summed E-state index contributed by atoms with van der Waals surface area (Å²) >= 11 is 0. The summed E-state index contributed by atoms with van der Waals surface area (Å²) in [6.07, 6.45) is 8.38. The standard InChI is InChI=1S/C10H20N2/c1-3-7-11-9(5-1)10-6-2-4-8-12-10/h9-12H,1-8H2/t9-,10-/m0/s1. The lowest BCUT2D eigenvalue weighted by molar-refractivity contribution is 0.272. The molecule has 2 nitrogen and oxygen atoms in total. The molecule has 70 valence electrons. The third-order valence-electron chi connectivity index (χ3n) is 3.18. The molecule has 2 fully saturated rings. The molecular formula is C10H20N2. The molecule has 2 heteroatoms. The van der Waals surface area contributed by atoms with Crippen LogP contribution in [0.5, 0.6) is 0 Å². The van der Waals surface area contributed by atoms with Crippen LogP contribution < -0.4 is 10.6 Å². The normalized spacial score (nSPS) is 38.0. The van der Waals surface area contributed by atoms with Crippen molar-refractivity contribution in [3.63, 3.8) is 0 Å². The Morgan fingerprint density at radius 2 is 1.17 bits per heavy atom. The molecule has 0 bridgehead atoms. The fourth-order valence-electron chi connectivity index (χ4n) is 2.44. The SMILES string of the molecule is C1CC[C@@H]([C@@H]2CCCCN2)NC1. The van der Waals surface area contributed by atoms with E-state index in [0.717, 1.165) is 12.1 Å². The van der Waals surface area contributed by atoms with Crippen LogP contribution in [0.2, 0.25) is 0 Å². The zero-order valence-electron chi connectivity index (χ0n) is 7.81. The van der Waals surface area contributed by atoms with Crippen LogP contribution in [0.25, 0.3) is 0 Å². The van der Waals surface area contributed by atoms with Crippen molar-refractivity contribution in [3.05, 3.63) is 0 Å². The molecule has 2 heterocycles. The highest BCUT2D eigenvalue weighted by Crippen LogP contribution is 2.16. The molecule has 0 radical (unpaired) electrons. The van der Waals surface area contributed by atoms with E-state index in [2.05, 4.69) is 10.6 Å². The fraction of sp³-hybridized carbons (Fsp3) is 1.00. The van der Waals surface area contributed by atoms with Crippen molar-refractivity contribution in [2.24, 2.45) is 0 Å². The van der Waals surface area contributed by atoms with E-state index in [1.165, 1.54) is 51.6 Å². The molecule has 0 amide bonds. The van der Waals surface area contributed by atoms with Crippen LogP contribution in [0.4, 0.5) is 0 Å². The second-order valence-corrected chi connectivity index (χ2v) is 4.11. The van der Waals surface area contributed by atoms with Crippen molar-refractivity contribution in [1.29, 1.82) is 0 Å². The van der Waals surface area contributed by atoms with Crippen LogP contribution in [0, 0.1) is 0 Å². The Kier molecular flexibility index (Phi) is 3.01. The van der Waals surface area contributed by atoms with Crippen molar-refractivity contribution < 1.29 is 0 Å². The van der Waals surface area contributed by atoms with E-state index in [9.17, 15) is 0 Å². The molecule has 0 aliphatic carbocycles. The minimum atomic E-state index is 0.777. The lowest BCUT2D eigenvalue weighted by Gasteiger charge is -2.34. The summed E-state index contributed by atoms with van der Waals surface area (Å²) in [6, 6.07) is 1.55. The third kappa shape index (κ3) is 1.99. The maximum atomic E-state index is 3.63. The lowest BCUT2D eigenvalue weighted by Crippen LogP contribution is -2.51. The largest absolute Gasteiger partial charge is 0.312 e. The van der Waals surface area contributed by atoms with Crippen molar-refractivity contribution >= 4 is 0 Å². The van der Waals surface area contributed by atoms with Gasteiger partial charge in [-0.1, -0.05) is 12.8 Å². The molecule has 0 aromatic rings. The molecule has 2 saturated heterocycles. The van der Waals surface area contributed by atoms with E-state index in [4.69, 9.17) is 0 Å². The van der Waals surface area contributed by atoms with Crippen molar-refractivity contribution in [2.75, 3.05) is 13.1 Å². The van der Waals surface area contributed by atoms with Gasteiger partial charge in [0.2, 0.25) is 0 Å². The van der Waals surface area contributed by atoms with E-state index >= 15 is 0 Å². The average Bonchev–Trinajstić information content (AvgIpc) is 2.21. The molecule has 0 saturated carbocycles. The lowest BCUT2D eigenvalue weighted by atomic mass is 9.92. The predicted molar refractivity (Wildman–Crippen MR) is 51.3 cm³/mol. The molecule has 2 rings (SSSR count). The van der Waals surface area contributed by atoms with E-state index in [1.807, 2.05) is 0 Å². The minimum Gasteiger partial charge on any atom is -0.312 e. The maximum Gasteiger partial charge on any atom is 0.0221 e. The first-order chi connectivity index (χ1) is 5.97. The van der Waals surface area contributed by atoms with Crippen molar-refractivity contribution in [3.8, 4) is 0 Å². The smallest absolute Gasteiger partial charge is 0.0221 e. The molecule has 2 aliphatic heterocycles. The number of nitrogens with one attached hydrogen (secondary N) is 2. The molecular weight excluding hydrogens is 148 g/mol. The zero-order valence-corrected chi connectivity index (χ0v) is 7.81. The highest BCUT2D eigenvalue weighted by atomic mass is 15.0. The van der Waals surface area contributed by atoms with Gasteiger partial charge in [-0.2, -0.15) is 0 Å². The Balaban J connectivity index is 1.80. The molecule has 12 heavy (non-hydrogen) atoms. The highest BCUT2D eigenvalue weighted by Gasteiger charge is 2.23. The molecule has 0 aromatic heterocycles. The van der Waals surface area contributed by atoms with Crippen molar-refractivity contribution in [1.82, 2.24) is 10.6 Å². The second-order valence-electron chi connectivity index (χ2n) is 4.11. The van der Waals surface area contributed by atoms with Gasteiger partial charge >= 0.3 is 0 Å². The highest BCUT2D eigenvalue weighted by molar-refractivity contribution is 4.86. The fourth-order valence-corrected chi connectivity index (χ4v) is 2.44. The summed E-state index contributed by atoms with van der Waals surface area (Å²) in [5.74, 6) is 0. The monoisotopic (exact) mass is 168 g/mol. The van der Waals surface area contributed by atoms with E-state index in [-0.39, 0.29) is 0 Å². The van der Waals surface area contributed by atoms with Gasteiger partial charge in [0.25, 0.3) is 0 Å². The van der Waals surface area contributed by atoms with Crippen LogP contribution in [-0.4, -0.2) is 25.2 Å². The Morgan fingerprint density at radius 1 is 0.667 bits per heavy atom. The Bertz CT molecular complexity index is 108. The van der Waals surface area contributed by atoms with Crippen molar-refractivity contribution in [2.45, 2.75) is 50.6 Å². The van der Waals surface area contributed by atoms with Gasteiger partial charge in [-0.05, 0) is 38.8 Å². The molecule has 2 N–H and O–H groups in total. The van der Waals surface area contributed by atoms with Crippen LogP contribution in [-0.2, 0) is 0 Å². The van der Waals surface area contributed by atoms with Gasteiger partial charge in [0.1, 0.15) is 0 Å². The Hall–Kier alpha value is -0.0800. The number of hydrogen-bond donors (Lipinski definition) is 2. The summed E-state index contributed by atoms with van der Waals surface area (Å²) in [5, 5.41) is 7.25. The number of rotatable bonds is 1. The van der Waals surface area contributed by atoms with Crippen LogP contribution >= 0.6 is 0 Å². The maximum absolute atomic E-state index is 3.63. The summed E-state index contributed by atoms with van der Waals surface area (Å²) in [4.78, 5) is 0. The molecule has 0 unspecified atom stereocenters. The molecule has 2 aliphatic rings. The van der Waals surface area contributed by atoms with Crippen LogP contribution in [0.15, 0.2) is 0 Å². The number of hydrogen-bond acceptors (Lipinski definition) is 2. The first-order valence-electron chi connectivity index (χ1n) is 5.43. The van der Waals surface area contributed by atoms with Gasteiger partial charge in [-0.3, -0.25) is 0 Å². The van der Waals surface area contributed by atoms with Gasteiger partial charge in [0, 0.05) is 12.1 Å². The van der Waals surface area contributed by atoms with Gasteiger partial charge in [-0.15, -0.1) is 0 Å². The van der Waals surface area contributed by atoms with E-state index < -0.39 is 0 Å². The minimum absolute atomic E-state index is 0.777. The summed E-state index contributed by atoms with van der Waals surface area (Å²) in [6.45, 7) is 2.48. The quantitative estimate of drug-likeness (QED) is 0.616. The Labute approximate surface area is 75.1 Å². The third-order valence-corrected chi connectivity index (χ3v) is 3.18. The second kappa shape index (κ2) is 4.24. The first kappa shape index (κ1) is 8.52. The summed E-state index contributed by atoms with van der Waals surface area (Å²) in [7, 11) is 0. The Morgan fingerprint density at radius 3 is 1.50 bits per heavy atom. The molecule has 2 atom stereocenters. The van der Waals surface area contributed by atoms with Gasteiger partial charge in [0.15, 0.2) is 0 Å². The van der Waals surface area contributed by atoms with Crippen LogP contribution in [0.1, 0.15) is 38.5 Å².